The van der Waals surface area contributed by atoms with E-state index in [2.05, 4.69) is 15.0 Å². The highest BCUT2D eigenvalue weighted by Gasteiger charge is 2.08. The molecule has 0 bridgehead atoms. The van der Waals surface area contributed by atoms with E-state index in [1.54, 1.807) is 0 Å². The largest absolute Gasteiger partial charge is 0.469 e. The van der Waals surface area contributed by atoms with Gasteiger partial charge in [0.15, 0.2) is 5.13 Å². The van der Waals surface area contributed by atoms with Crippen molar-refractivity contribution in [2.75, 3.05) is 12.4 Å². The van der Waals surface area contributed by atoms with Gasteiger partial charge in [-0.1, -0.05) is 43.2 Å². The second-order valence-electron chi connectivity index (χ2n) is 5.44. The Kier molecular flexibility index (Phi) is 7.42. The summed E-state index contributed by atoms with van der Waals surface area (Å²) in [5.74, 6) is -0.192. The summed E-state index contributed by atoms with van der Waals surface area (Å²) in [6.07, 6.45) is 4.39. The lowest BCUT2D eigenvalue weighted by atomic mass is 10.1. The number of esters is 1. The number of unbranched alkanes of at least 4 members (excludes halogenated alkanes) is 3. The molecule has 1 heterocycles. The Morgan fingerprint density at radius 1 is 1.08 bits per heavy atom. The minimum atomic E-state index is -0.175. The van der Waals surface area contributed by atoms with Gasteiger partial charge < -0.3 is 10.1 Å². The molecule has 1 aromatic heterocycles. The number of benzene rings is 1. The lowest BCUT2D eigenvalue weighted by Gasteiger charge is -2.02. The highest BCUT2D eigenvalue weighted by molar-refractivity contribution is 7.14. The van der Waals surface area contributed by atoms with E-state index >= 15 is 0 Å². The average Bonchev–Trinajstić information content (AvgIpc) is 3.07. The Labute approximate surface area is 146 Å². The minimum Gasteiger partial charge on any atom is -0.469 e. The molecular weight excluding hydrogens is 324 g/mol. The average molecular weight is 346 g/mol. The SMILES string of the molecule is COC(=O)CCCCCCC(=O)Nc1nc(-c2ccccc2)cs1. The second kappa shape index (κ2) is 9.82. The monoisotopic (exact) mass is 346 g/mol. The van der Waals surface area contributed by atoms with Crippen molar-refractivity contribution in [1.82, 2.24) is 4.98 Å². The van der Waals surface area contributed by atoms with Crippen LogP contribution in [0.25, 0.3) is 11.3 Å². The number of anilines is 1. The first-order valence-electron chi connectivity index (χ1n) is 8.06. The van der Waals surface area contributed by atoms with E-state index in [9.17, 15) is 9.59 Å². The van der Waals surface area contributed by atoms with Crippen molar-refractivity contribution >= 4 is 28.3 Å². The zero-order chi connectivity index (χ0) is 17.2. The summed E-state index contributed by atoms with van der Waals surface area (Å²) < 4.78 is 4.59. The fraction of sp³-hybridized carbons (Fsp3) is 0.389. The van der Waals surface area contributed by atoms with E-state index in [0.717, 1.165) is 36.9 Å². The maximum Gasteiger partial charge on any atom is 0.305 e. The Balaban J connectivity index is 1.66. The van der Waals surface area contributed by atoms with Crippen molar-refractivity contribution in [2.24, 2.45) is 0 Å². The van der Waals surface area contributed by atoms with Crippen LogP contribution in [0.1, 0.15) is 38.5 Å². The standard InChI is InChI=1S/C18H22N2O3S/c1-23-17(22)12-8-3-2-7-11-16(21)20-18-19-15(13-24-18)14-9-5-4-6-10-14/h4-6,9-10,13H,2-3,7-8,11-12H2,1H3,(H,19,20,21). The molecule has 0 saturated carbocycles. The van der Waals surface area contributed by atoms with Crippen LogP contribution in [0.3, 0.4) is 0 Å². The molecule has 5 nitrogen and oxygen atoms in total. The van der Waals surface area contributed by atoms with E-state index in [-0.39, 0.29) is 11.9 Å². The van der Waals surface area contributed by atoms with Crippen LogP contribution in [-0.2, 0) is 14.3 Å². The maximum atomic E-state index is 11.9. The van der Waals surface area contributed by atoms with Gasteiger partial charge >= 0.3 is 5.97 Å². The van der Waals surface area contributed by atoms with Crippen LogP contribution >= 0.6 is 11.3 Å². The topological polar surface area (TPSA) is 68.3 Å². The first kappa shape index (κ1) is 18.1. The summed E-state index contributed by atoms with van der Waals surface area (Å²) in [5, 5.41) is 5.42. The molecule has 0 spiro atoms. The van der Waals surface area contributed by atoms with Crippen LogP contribution in [0.15, 0.2) is 35.7 Å². The van der Waals surface area contributed by atoms with Gasteiger partial charge in [0.05, 0.1) is 12.8 Å². The highest BCUT2D eigenvalue weighted by Crippen LogP contribution is 2.24. The number of nitrogens with one attached hydrogen (secondary N) is 1. The molecule has 0 aliphatic heterocycles. The van der Waals surface area contributed by atoms with Gasteiger partial charge in [0, 0.05) is 23.8 Å². The predicted octanol–water partition coefficient (Wildman–Crippen LogP) is 4.26. The van der Waals surface area contributed by atoms with Crippen molar-refractivity contribution in [3.8, 4) is 11.3 Å². The molecule has 0 fully saturated rings. The maximum absolute atomic E-state index is 11.9. The van der Waals surface area contributed by atoms with Crippen molar-refractivity contribution in [3.63, 3.8) is 0 Å². The van der Waals surface area contributed by atoms with Crippen LogP contribution in [0, 0.1) is 0 Å². The molecule has 0 aliphatic carbocycles. The molecule has 2 aromatic rings. The third kappa shape index (κ3) is 6.12. The summed E-state index contributed by atoms with van der Waals surface area (Å²) in [7, 11) is 1.40. The first-order valence-corrected chi connectivity index (χ1v) is 8.94. The molecule has 24 heavy (non-hydrogen) atoms. The molecule has 2 rings (SSSR count). The number of hydrogen-bond acceptors (Lipinski definition) is 5. The fourth-order valence-corrected chi connectivity index (χ4v) is 3.00. The highest BCUT2D eigenvalue weighted by atomic mass is 32.1. The van der Waals surface area contributed by atoms with Gasteiger partial charge in [0.2, 0.25) is 5.91 Å². The zero-order valence-corrected chi connectivity index (χ0v) is 14.6. The smallest absolute Gasteiger partial charge is 0.305 e. The van der Waals surface area contributed by atoms with Crippen LogP contribution < -0.4 is 5.32 Å². The van der Waals surface area contributed by atoms with Gasteiger partial charge in [-0.05, 0) is 12.8 Å². The predicted molar refractivity (Wildman–Crippen MR) is 95.9 cm³/mol. The summed E-state index contributed by atoms with van der Waals surface area (Å²) in [5.41, 5.74) is 1.92. The number of aromatic nitrogens is 1. The van der Waals surface area contributed by atoms with Gasteiger partial charge in [-0.3, -0.25) is 9.59 Å². The zero-order valence-electron chi connectivity index (χ0n) is 13.8. The lowest BCUT2D eigenvalue weighted by molar-refractivity contribution is -0.140. The molecule has 0 unspecified atom stereocenters. The van der Waals surface area contributed by atoms with Gasteiger partial charge in [-0.2, -0.15) is 0 Å². The van der Waals surface area contributed by atoms with E-state index < -0.39 is 0 Å². The number of amides is 1. The number of carbonyl (C=O) groups excluding carboxylic acids is 2. The Bertz CT molecular complexity index is 655. The van der Waals surface area contributed by atoms with Gasteiger partial charge in [0.1, 0.15) is 0 Å². The van der Waals surface area contributed by atoms with Crippen LogP contribution in [0.5, 0.6) is 0 Å². The number of nitrogens with zero attached hydrogens (tertiary/aromatic N) is 1. The van der Waals surface area contributed by atoms with E-state index in [0.29, 0.717) is 18.0 Å². The van der Waals surface area contributed by atoms with Crippen molar-refractivity contribution < 1.29 is 14.3 Å². The minimum absolute atomic E-state index is 0.0167. The number of thiazole rings is 1. The van der Waals surface area contributed by atoms with Gasteiger partial charge in [-0.25, -0.2) is 4.98 Å². The second-order valence-corrected chi connectivity index (χ2v) is 6.30. The summed E-state index contributed by atoms with van der Waals surface area (Å²) >= 11 is 1.43. The van der Waals surface area contributed by atoms with Gasteiger partial charge in [0.25, 0.3) is 0 Å². The molecular formula is C18H22N2O3S. The summed E-state index contributed by atoms with van der Waals surface area (Å²) in [6, 6.07) is 9.88. The normalized spacial score (nSPS) is 10.4. The third-order valence-corrected chi connectivity index (χ3v) is 4.34. The van der Waals surface area contributed by atoms with Crippen molar-refractivity contribution in [3.05, 3.63) is 35.7 Å². The Morgan fingerprint density at radius 2 is 1.79 bits per heavy atom. The molecule has 128 valence electrons. The molecule has 1 aromatic carbocycles. The van der Waals surface area contributed by atoms with E-state index in [1.165, 1.54) is 18.4 Å². The summed E-state index contributed by atoms with van der Waals surface area (Å²) in [4.78, 5) is 27.3. The van der Waals surface area contributed by atoms with Crippen LogP contribution in [0.4, 0.5) is 5.13 Å². The van der Waals surface area contributed by atoms with Crippen LogP contribution in [-0.4, -0.2) is 24.0 Å². The lowest BCUT2D eigenvalue weighted by Crippen LogP contribution is -2.10. The number of ether oxygens (including phenoxy) is 1. The Morgan fingerprint density at radius 3 is 2.50 bits per heavy atom. The Hall–Kier alpha value is -2.21. The molecule has 0 atom stereocenters. The van der Waals surface area contributed by atoms with Crippen molar-refractivity contribution in [2.45, 2.75) is 38.5 Å². The fourth-order valence-electron chi connectivity index (χ4n) is 2.26. The number of hydrogen-bond donors (Lipinski definition) is 1. The van der Waals surface area contributed by atoms with Crippen LogP contribution in [0.2, 0.25) is 0 Å². The van der Waals surface area contributed by atoms with Crippen molar-refractivity contribution in [1.29, 1.82) is 0 Å². The first-order chi connectivity index (χ1) is 11.7. The number of methoxy groups -OCH3 is 1. The van der Waals surface area contributed by atoms with Gasteiger partial charge in [-0.15, -0.1) is 11.3 Å². The molecule has 1 amide bonds. The quantitative estimate of drug-likeness (QED) is 0.544. The van der Waals surface area contributed by atoms with E-state index in [1.807, 2.05) is 35.7 Å². The molecule has 6 heteroatoms. The number of rotatable bonds is 9. The molecule has 0 aliphatic rings. The molecule has 1 N–H and O–H groups in total. The molecule has 0 radical (unpaired) electrons. The molecule has 0 saturated heterocycles. The number of carbonyl (C=O) groups is 2. The third-order valence-electron chi connectivity index (χ3n) is 3.58. The van der Waals surface area contributed by atoms with E-state index in [4.69, 9.17) is 0 Å². The summed E-state index contributed by atoms with van der Waals surface area (Å²) in [6.45, 7) is 0.